The fourth-order valence-electron chi connectivity index (χ4n) is 1.88. The molecular formula is C16H24ClN3O3. The van der Waals surface area contributed by atoms with E-state index in [2.05, 4.69) is 15.3 Å². The van der Waals surface area contributed by atoms with Crippen molar-refractivity contribution in [1.29, 1.82) is 0 Å². The Hall–Kier alpha value is -1.69. The average Bonchev–Trinajstić information content (AvgIpc) is 2.41. The third kappa shape index (κ3) is 6.14. The first kappa shape index (κ1) is 19.4. The number of carboxylic acids is 1. The van der Waals surface area contributed by atoms with Crippen LogP contribution < -0.4 is 5.32 Å². The number of aliphatic carboxylic acids is 1. The summed E-state index contributed by atoms with van der Waals surface area (Å²) in [5, 5.41) is 11.9. The molecule has 0 aliphatic heterocycles. The summed E-state index contributed by atoms with van der Waals surface area (Å²) >= 11 is 5.98. The molecule has 1 unspecified atom stereocenters. The minimum absolute atomic E-state index is 0.00683. The lowest BCUT2D eigenvalue weighted by Gasteiger charge is -2.21. The molecule has 0 saturated carbocycles. The van der Waals surface area contributed by atoms with E-state index in [1.807, 2.05) is 34.6 Å². The average molecular weight is 342 g/mol. The quantitative estimate of drug-likeness (QED) is 0.828. The van der Waals surface area contributed by atoms with Crippen LogP contribution in [0.5, 0.6) is 0 Å². The highest BCUT2D eigenvalue weighted by atomic mass is 35.5. The van der Waals surface area contributed by atoms with Crippen LogP contribution in [0.1, 0.15) is 69.7 Å². The van der Waals surface area contributed by atoms with Crippen LogP contribution in [0.4, 0.5) is 0 Å². The maximum absolute atomic E-state index is 12.3. The standard InChI is InChI=1S/C16H24ClN3O3/c1-9(2)13-18-8-10(17)12(20-13)14(21)19-11(15(22)23)6-7-16(3,4)5/h8-9,11H,6-7H2,1-5H3,(H,19,21)(H,22,23). The number of rotatable bonds is 6. The Morgan fingerprint density at radius 2 is 1.96 bits per heavy atom. The van der Waals surface area contributed by atoms with Crippen molar-refractivity contribution in [2.75, 3.05) is 0 Å². The van der Waals surface area contributed by atoms with E-state index in [1.54, 1.807) is 0 Å². The lowest BCUT2D eigenvalue weighted by molar-refractivity contribution is -0.139. The Kier molecular flexibility index (Phi) is 6.50. The Balaban J connectivity index is 2.91. The van der Waals surface area contributed by atoms with Crippen LogP contribution in [0.2, 0.25) is 5.02 Å². The summed E-state index contributed by atoms with van der Waals surface area (Å²) in [5.74, 6) is -1.14. The van der Waals surface area contributed by atoms with Gasteiger partial charge in [0.15, 0.2) is 0 Å². The Labute approximate surface area is 141 Å². The number of amides is 1. The molecule has 0 aromatic carbocycles. The molecule has 0 aliphatic rings. The zero-order chi connectivity index (χ0) is 17.8. The first-order valence-electron chi connectivity index (χ1n) is 7.57. The molecule has 2 N–H and O–H groups in total. The van der Waals surface area contributed by atoms with Crippen LogP contribution in [0.3, 0.4) is 0 Å². The number of hydrogen-bond acceptors (Lipinski definition) is 4. The fraction of sp³-hybridized carbons (Fsp3) is 0.625. The molecular weight excluding hydrogens is 318 g/mol. The first-order chi connectivity index (χ1) is 10.5. The van der Waals surface area contributed by atoms with Gasteiger partial charge in [0.05, 0.1) is 11.2 Å². The molecule has 1 atom stereocenters. The van der Waals surface area contributed by atoms with Crippen molar-refractivity contribution in [2.24, 2.45) is 5.41 Å². The summed E-state index contributed by atoms with van der Waals surface area (Å²) in [5.41, 5.74) is -0.0112. The van der Waals surface area contributed by atoms with Gasteiger partial charge in [-0.2, -0.15) is 0 Å². The molecule has 23 heavy (non-hydrogen) atoms. The maximum atomic E-state index is 12.3. The van der Waals surface area contributed by atoms with Gasteiger partial charge in [0, 0.05) is 5.92 Å². The van der Waals surface area contributed by atoms with Gasteiger partial charge in [-0.05, 0) is 18.3 Å². The van der Waals surface area contributed by atoms with Crippen LogP contribution in [0.15, 0.2) is 6.20 Å². The lowest BCUT2D eigenvalue weighted by atomic mass is 9.88. The van der Waals surface area contributed by atoms with Gasteiger partial charge in [-0.15, -0.1) is 0 Å². The van der Waals surface area contributed by atoms with Crippen LogP contribution in [0, 0.1) is 5.41 Å². The third-order valence-corrected chi connectivity index (χ3v) is 3.56. The van der Waals surface area contributed by atoms with Crippen LogP contribution in [-0.2, 0) is 4.79 Å². The second-order valence-corrected chi connectivity index (χ2v) is 7.45. The van der Waals surface area contributed by atoms with E-state index in [0.29, 0.717) is 18.7 Å². The molecule has 1 rings (SSSR count). The minimum Gasteiger partial charge on any atom is -0.480 e. The third-order valence-electron chi connectivity index (χ3n) is 3.28. The van der Waals surface area contributed by atoms with Gasteiger partial charge in [-0.1, -0.05) is 46.2 Å². The van der Waals surface area contributed by atoms with Crippen LogP contribution >= 0.6 is 11.6 Å². The molecule has 0 spiro atoms. The van der Waals surface area contributed by atoms with Crippen molar-refractivity contribution in [3.63, 3.8) is 0 Å². The molecule has 0 radical (unpaired) electrons. The largest absolute Gasteiger partial charge is 0.480 e. The normalized spacial score (nSPS) is 13.0. The second-order valence-electron chi connectivity index (χ2n) is 7.04. The van der Waals surface area contributed by atoms with Crippen molar-refractivity contribution in [1.82, 2.24) is 15.3 Å². The van der Waals surface area contributed by atoms with Gasteiger partial charge in [0.1, 0.15) is 17.6 Å². The van der Waals surface area contributed by atoms with Crippen molar-refractivity contribution in [2.45, 2.75) is 59.4 Å². The molecule has 0 fully saturated rings. The molecule has 1 amide bonds. The number of nitrogens with zero attached hydrogens (tertiary/aromatic N) is 2. The summed E-state index contributed by atoms with van der Waals surface area (Å²) in [6, 6.07) is -0.977. The van der Waals surface area contributed by atoms with Crippen molar-refractivity contribution >= 4 is 23.5 Å². The highest BCUT2D eigenvalue weighted by Gasteiger charge is 2.25. The molecule has 1 aromatic heterocycles. The molecule has 128 valence electrons. The van der Waals surface area contributed by atoms with Crippen LogP contribution in [-0.4, -0.2) is 33.0 Å². The smallest absolute Gasteiger partial charge is 0.326 e. The minimum atomic E-state index is -1.07. The molecule has 1 heterocycles. The van der Waals surface area contributed by atoms with E-state index in [-0.39, 0.29) is 22.0 Å². The summed E-state index contributed by atoms with van der Waals surface area (Å²) in [6.45, 7) is 9.85. The van der Waals surface area contributed by atoms with Crippen molar-refractivity contribution in [3.05, 3.63) is 22.7 Å². The first-order valence-corrected chi connectivity index (χ1v) is 7.95. The topological polar surface area (TPSA) is 92.2 Å². The number of carbonyl (C=O) groups excluding carboxylic acids is 1. The molecule has 1 aromatic rings. The van der Waals surface area contributed by atoms with E-state index < -0.39 is 17.9 Å². The van der Waals surface area contributed by atoms with Gasteiger partial charge >= 0.3 is 5.97 Å². The summed E-state index contributed by atoms with van der Waals surface area (Å²) < 4.78 is 0. The van der Waals surface area contributed by atoms with Gasteiger partial charge in [-0.3, -0.25) is 4.79 Å². The number of hydrogen-bond donors (Lipinski definition) is 2. The highest BCUT2D eigenvalue weighted by Crippen LogP contribution is 2.22. The van der Waals surface area contributed by atoms with E-state index in [1.165, 1.54) is 6.20 Å². The van der Waals surface area contributed by atoms with E-state index in [0.717, 1.165) is 0 Å². The number of halogens is 1. The summed E-state index contributed by atoms with van der Waals surface area (Å²) in [7, 11) is 0. The van der Waals surface area contributed by atoms with Gasteiger partial charge < -0.3 is 10.4 Å². The molecule has 7 heteroatoms. The monoisotopic (exact) mass is 341 g/mol. The zero-order valence-corrected chi connectivity index (χ0v) is 14.9. The fourth-order valence-corrected chi connectivity index (χ4v) is 2.06. The van der Waals surface area contributed by atoms with Crippen LogP contribution in [0.25, 0.3) is 0 Å². The molecule has 0 aliphatic carbocycles. The van der Waals surface area contributed by atoms with E-state index in [9.17, 15) is 14.7 Å². The number of carboxylic acid groups (broad SMARTS) is 1. The summed E-state index contributed by atoms with van der Waals surface area (Å²) in [4.78, 5) is 31.9. The number of carbonyl (C=O) groups is 2. The number of aromatic nitrogens is 2. The molecule has 0 bridgehead atoms. The van der Waals surface area contributed by atoms with Gasteiger partial charge in [0.2, 0.25) is 0 Å². The van der Waals surface area contributed by atoms with Gasteiger partial charge in [0.25, 0.3) is 5.91 Å². The second kappa shape index (κ2) is 7.73. The summed E-state index contributed by atoms with van der Waals surface area (Å²) in [6.07, 6.45) is 2.37. The van der Waals surface area contributed by atoms with E-state index in [4.69, 9.17) is 11.6 Å². The Morgan fingerprint density at radius 3 is 2.43 bits per heavy atom. The van der Waals surface area contributed by atoms with Crippen molar-refractivity contribution in [3.8, 4) is 0 Å². The zero-order valence-electron chi connectivity index (χ0n) is 14.2. The van der Waals surface area contributed by atoms with E-state index >= 15 is 0 Å². The predicted octanol–water partition coefficient (Wildman–Crippen LogP) is 3.26. The highest BCUT2D eigenvalue weighted by molar-refractivity contribution is 6.33. The maximum Gasteiger partial charge on any atom is 0.326 e. The SMILES string of the molecule is CC(C)c1ncc(Cl)c(C(=O)NC(CCC(C)(C)C)C(=O)O)n1. The Bertz CT molecular complexity index is 582. The predicted molar refractivity (Wildman–Crippen MR) is 88.7 cm³/mol. The number of nitrogens with one attached hydrogen (secondary N) is 1. The Morgan fingerprint density at radius 1 is 1.35 bits per heavy atom. The molecule has 6 nitrogen and oxygen atoms in total. The molecule has 0 saturated heterocycles. The van der Waals surface area contributed by atoms with Crippen molar-refractivity contribution < 1.29 is 14.7 Å². The van der Waals surface area contributed by atoms with Gasteiger partial charge in [-0.25, -0.2) is 14.8 Å². The lowest BCUT2D eigenvalue weighted by Crippen LogP contribution is -2.41.